The predicted molar refractivity (Wildman–Crippen MR) is 35.8 cm³/mol. The molecular formula is C7H15N. The van der Waals surface area contributed by atoms with Crippen LogP contribution >= 0.6 is 0 Å². The monoisotopic (exact) mass is 113 g/mol. The van der Waals surface area contributed by atoms with E-state index in [-0.39, 0.29) is 0 Å². The zero-order chi connectivity index (χ0) is 6.15. The third-order valence-corrected chi connectivity index (χ3v) is 1.66. The first-order valence-corrected chi connectivity index (χ1v) is 3.46. The van der Waals surface area contributed by atoms with Crippen molar-refractivity contribution in [1.82, 2.24) is 5.32 Å². The SMILES string of the molecule is CC(C)N[C@H]1C[C@@H]1C. The standard InChI is InChI=1S/C7H15N/c1-5(2)8-7-4-6(7)3/h5-8H,4H2,1-3H3/t6-,7-/m0/s1. The Morgan fingerprint density at radius 3 is 2.12 bits per heavy atom. The second-order valence-corrected chi connectivity index (χ2v) is 3.14. The molecule has 8 heavy (non-hydrogen) atoms. The van der Waals surface area contributed by atoms with E-state index in [0.29, 0.717) is 6.04 Å². The Morgan fingerprint density at radius 1 is 1.50 bits per heavy atom. The van der Waals surface area contributed by atoms with E-state index in [2.05, 4.69) is 26.1 Å². The molecule has 0 saturated heterocycles. The Hall–Kier alpha value is -0.0400. The summed E-state index contributed by atoms with van der Waals surface area (Å²) in [6, 6.07) is 1.51. The van der Waals surface area contributed by atoms with Gasteiger partial charge in [-0.2, -0.15) is 0 Å². The van der Waals surface area contributed by atoms with Crippen molar-refractivity contribution >= 4 is 0 Å². The van der Waals surface area contributed by atoms with Gasteiger partial charge in [0, 0.05) is 12.1 Å². The summed E-state index contributed by atoms with van der Waals surface area (Å²) in [6.07, 6.45) is 1.39. The van der Waals surface area contributed by atoms with Crippen LogP contribution in [0.3, 0.4) is 0 Å². The van der Waals surface area contributed by atoms with Crippen LogP contribution in [-0.2, 0) is 0 Å². The van der Waals surface area contributed by atoms with Crippen LogP contribution in [0.1, 0.15) is 27.2 Å². The van der Waals surface area contributed by atoms with Crippen LogP contribution in [0.2, 0.25) is 0 Å². The lowest BCUT2D eigenvalue weighted by Crippen LogP contribution is -2.25. The Labute approximate surface area is 51.5 Å². The summed E-state index contributed by atoms with van der Waals surface area (Å²) in [5.74, 6) is 0.942. The summed E-state index contributed by atoms with van der Waals surface area (Å²) >= 11 is 0. The topological polar surface area (TPSA) is 12.0 Å². The van der Waals surface area contributed by atoms with E-state index in [0.717, 1.165) is 12.0 Å². The van der Waals surface area contributed by atoms with Crippen LogP contribution in [0, 0.1) is 5.92 Å². The van der Waals surface area contributed by atoms with Crippen molar-refractivity contribution in [1.29, 1.82) is 0 Å². The maximum absolute atomic E-state index is 3.47. The van der Waals surface area contributed by atoms with Crippen LogP contribution < -0.4 is 5.32 Å². The molecular weight excluding hydrogens is 98.1 g/mol. The van der Waals surface area contributed by atoms with Gasteiger partial charge in [0.25, 0.3) is 0 Å². The van der Waals surface area contributed by atoms with E-state index in [1.807, 2.05) is 0 Å². The van der Waals surface area contributed by atoms with Crippen molar-refractivity contribution in [3.63, 3.8) is 0 Å². The maximum atomic E-state index is 3.47. The average molecular weight is 113 g/mol. The van der Waals surface area contributed by atoms with E-state index in [1.54, 1.807) is 0 Å². The van der Waals surface area contributed by atoms with Gasteiger partial charge in [0.05, 0.1) is 0 Å². The van der Waals surface area contributed by atoms with E-state index in [1.165, 1.54) is 6.42 Å². The molecule has 0 radical (unpaired) electrons. The molecule has 48 valence electrons. The maximum Gasteiger partial charge on any atom is 0.00987 e. The molecule has 1 aliphatic rings. The van der Waals surface area contributed by atoms with Gasteiger partial charge in [0.2, 0.25) is 0 Å². The summed E-state index contributed by atoms with van der Waals surface area (Å²) in [4.78, 5) is 0. The van der Waals surface area contributed by atoms with E-state index < -0.39 is 0 Å². The fraction of sp³-hybridized carbons (Fsp3) is 1.00. The van der Waals surface area contributed by atoms with Crippen LogP contribution in [-0.4, -0.2) is 12.1 Å². The van der Waals surface area contributed by atoms with Gasteiger partial charge in [0.15, 0.2) is 0 Å². The highest BCUT2D eigenvalue weighted by atomic mass is 15.0. The third-order valence-electron chi connectivity index (χ3n) is 1.66. The molecule has 0 spiro atoms. The van der Waals surface area contributed by atoms with E-state index >= 15 is 0 Å². The van der Waals surface area contributed by atoms with Gasteiger partial charge < -0.3 is 5.32 Å². The predicted octanol–water partition coefficient (Wildman–Crippen LogP) is 1.39. The minimum Gasteiger partial charge on any atom is -0.312 e. The van der Waals surface area contributed by atoms with E-state index in [4.69, 9.17) is 0 Å². The van der Waals surface area contributed by atoms with E-state index in [9.17, 15) is 0 Å². The van der Waals surface area contributed by atoms with Crippen LogP contribution in [0.25, 0.3) is 0 Å². The number of hydrogen-bond donors (Lipinski definition) is 1. The molecule has 1 aliphatic carbocycles. The minimum absolute atomic E-state index is 0.671. The van der Waals surface area contributed by atoms with Gasteiger partial charge in [-0.15, -0.1) is 0 Å². The average Bonchev–Trinajstić information content (AvgIpc) is 2.17. The molecule has 1 fully saturated rings. The summed E-state index contributed by atoms with van der Waals surface area (Å²) in [7, 11) is 0. The molecule has 1 N–H and O–H groups in total. The van der Waals surface area contributed by atoms with Crippen molar-refractivity contribution < 1.29 is 0 Å². The molecule has 1 nitrogen and oxygen atoms in total. The molecule has 0 aliphatic heterocycles. The summed E-state index contributed by atoms with van der Waals surface area (Å²) in [5, 5.41) is 3.47. The van der Waals surface area contributed by atoms with Crippen molar-refractivity contribution in [3.8, 4) is 0 Å². The summed E-state index contributed by atoms with van der Waals surface area (Å²) in [6.45, 7) is 6.69. The van der Waals surface area contributed by atoms with Gasteiger partial charge in [-0.25, -0.2) is 0 Å². The molecule has 0 aromatic carbocycles. The zero-order valence-corrected chi connectivity index (χ0v) is 5.94. The van der Waals surface area contributed by atoms with Gasteiger partial charge in [-0.05, 0) is 12.3 Å². The largest absolute Gasteiger partial charge is 0.312 e. The molecule has 0 unspecified atom stereocenters. The lowest BCUT2D eigenvalue weighted by atomic mass is 10.4. The third kappa shape index (κ3) is 1.48. The van der Waals surface area contributed by atoms with Crippen LogP contribution in [0.5, 0.6) is 0 Å². The fourth-order valence-corrected chi connectivity index (χ4v) is 0.982. The van der Waals surface area contributed by atoms with Gasteiger partial charge in [0.1, 0.15) is 0 Å². The molecule has 1 rings (SSSR count). The van der Waals surface area contributed by atoms with Gasteiger partial charge in [-0.1, -0.05) is 20.8 Å². The minimum atomic E-state index is 0.671. The van der Waals surface area contributed by atoms with Crippen molar-refractivity contribution in [2.75, 3.05) is 0 Å². The Morgan fingerprint density at radius 2 is 2.00 bits per heavy atom. The molecule has 0 heterocycles. The van der Waals surface area contributed by atoms with Crippen molar-refractivity contribution in [3.05, 3.63) is 0 Å². The Balaban J connectivity index is 2.05. The molecule has 1 heteroatoms. The molecule has 0 aromatic rings. The van der Waals surface area contributed by atoms with Crippen LogP contribution in [0.4, 0.5) is 0 Å². The summed E-state index contributed by atoms with van der Waals surface area (Å²) in [5.41, 5.74) is 0. The summed E-state index contributed by atoms with van der Waals surface area (Å²) < 4.78 is 0. The molecule has 0 aromatic heterocycles. The molecule has 0 amide bonds. The highest BCUT2D eigenvalue weighted by Gasteiger charge is 2.32. The lowest BCUT2D eigenvalue weighted by molar-refractivity contribution is 0.565. The highest BCUT2D eigenvalue weighted by Crippen LogP contribution is 2.29. The lowest BCUT2D eigenvalue weighted by Gasteiger charge is -2.04. The molecule has 1 saturated carbocycles. The second kappa shape index (κ2) is 2.06. The second-order valence-electron chi connectivity index (χ2n) is 3.14. The van der Waals surface area contributed by atoms with Crippen molar-refractivity contribution in [2.45, 2.75) is 39.3 Å². The highest BCUT2D eigenvalue weighted by molar-refractivity contribution is 4.90. The van der Waals surface area contributed by atoms with Crippen LogP contribution in [0.15, 0.2) is 0 Å². The van der Waals surface area contributed by atoms with Gasteiger partial charge in [-0.3, -0.25) is 0 Å². The normalized spacial score (nSPS) is 36.0. The first-order valence-electron chi connectivity index (χ1n) is 3.46. The first-order chi connectivity index (χ1) is 3.70. The zero-order valence-electron chi connectivity index (χ0n) is 5.94. The smallest absolute Gasteiger partial charge is 0.00987 e. The first kappa shape index (κ1) is 6.09. The van der Waals surface area contributed by atoms with Gasteiger partial charge >= 0.3 is 0 Å². The number of nitrogens with one attached hydrogen (secondary N) is 1. The molecule has 2 atom stereocenters. The Bertz CT molecular complexity index is 78.5. The van der Waals surface area contributed by atoms with Crippen molar-refractivity contribution in [2.24, 2.45) is 5.92 Å². The fourth-order valence-electron chi connectivity index (χ4n) is 0.982. The number of hydrogen-bond acceptors (Lipinski definition) is 1. The molecule has 0 bridgehead atoms. The quantitative estimate of drug-likeness (QED) is 0.570. The Kier molecular flexibility index (Phi) is 1.57. The number of rotatable bonds is 2.